The summed E-state index contributed by atoms with van der Waals surface area (Å²) in [5, 5.41) is 0. The standard InChI is InChI=1S/C8H9IN2O/c1-10-2-3-11-5-6(9)4-7(11)8(10)12/h4-5H,2-3H2,1H3. The van der Waals surface area contributed by atoms with Gasteiger partial charge in [-0.1, -0.05) is 0 Å². The first-order valence-corrected chi connectivity index (χ1v) is 4.87. The lowest BCUT2D eigenvalue weighted by Gasteiger charge is -2.23. The van der Waals surface area contributed by atoms with E-state index in [1.54, 1.807) is 4.90 Å². The Hall–Kier alpha value is -0.520. The SMILES string of the molecule is CN1CCn2cc(I)cc2C1=O. The van der Waals surface area contributed by atoms with Crippen LogP contribution in [0.3, 0.4) is 0 Å². The smallest absolute Gasteiger partial charge is 0.270 e. The van der Waals surface area contributed by atoms with Gasteiger partial charge in [-0.15, -0.1) is 0 Å². The van der Waals surface area contributed by atoms with Crippen molar-refractivity contribution in [3.05, 3.63) is 21.5 Å². The van der Waals surface area contributed by atoms with Crippen molar-refractivity contribution in [2.24, 2.45) is 0 Å². The summed E-state index contributed by atoms with van der Waals surface area (Å²) in [6.45, 7) is 1.73. The summed E-state index contributed by atoms with van der Waals surface area (Å²) in [6.07, 6.45) is 2.01. The molecule has 2 heterocycles. The van der Waals surface area contributed by atoms with E-state index in [-0.39, 0.29) is 5.91 Å². The molecule has 4 heteroatoms. The predicted octanol–water partition coefficient (Wildman–Crippen LogP) is 1.18. The van der Waals surface area contributed by atoms with Crippen LogP contribution in [0, 0.1) is 3.57 Å². The minimum absolute atomic E-state index is 0.129. The van der Waals surface area contributed by atoms with E-state index in [4.69, 9.17) is 0 Å². The van der Waals surface area contributed by atoms with Gasteiger partial charge < -0.3 is 9.47 Å². The van der Waals surface area contributed by atoms with Gasteiger partial charge in [0.15, 0.2) is 0 Å². The number of hydrogen-bond acceptors (Lipinski definition) is 1. The molecule has 1 amide bonds. The summed E-state index contributed by atoms with van der Waals surface area (Å²) in [5.74, 6) is 0.129. The molecule has 0 aromatic carbocycles. The number of nitrogens with zero attached hydrogens (tertiary/aromatic N) is 2. The molecular weight excluding hydrogens is 267 g/mol. The Kier molecular flexibility index (Phi) is 1.86. The third-order valence-corrected chi connectivity index (χ3v) is 2.70. The highest BCUT2D eigenvalue weighted by molar-refractivity contribution is 14.1. The van der Waals surface area contributed by atoms with Gasteiger partial charge in [0.05, 0.1) is 0 Å². The monoisotopic (exact) mass is 276 g/mol. The number of carbonyl (C=O) groups excluding carboxylic acids is 1. The lowest BCUT2D eigenvalue weighted by Crippen LogP contribution is -2.36. The largest absolute Gasteiger partial charge is 0.341 e. The summed E-state index contributed by atoms with van der Waals surface area (Å²) >= 11 is 2.23. The molecule has 1 aliphatic rings. The molecule has 0 bridgehead atoms. The van der Waals surface area contributed by atoms with Crippen molar-refractivity contribution < 1.29 is 4.79 Å². The number of halogens is 1. The maximum absolute atomic E-state index is 11.5. The number of carbonyl (C=O) groups is 1. The van der Waals surface area contributed by atoms with E-state index < -0.39 is 0 Å². The second-order valence-electron chi connectivity index (χ2n) is 2.96. The van der Waals surface area contributed by atoms with Crippen LogP contribution in [0.2, 0.25) is 0 Å². The van der Waals surface area contributed by atoms with E-state index in [1.807, 2.05) is 23.9 Å². The van der Waals surface area contributed by atoms with E-state index in [1.165, 1.54) is 0 Å². The molecule has 0 atom stereocenters. The first kappa shape index (κ1) is 8.10. The van der Waals surface area contributed by atoms with Crippen molar-refractivity contribution in [2.45, 2.75) is 6.54 Å². The van der Waals surface area contributed by atoms with E-state index >= 15 is 0 Å². The van der Waals surface area contributed by atoms with Crippen molar-refractivity contribution in [2.75, 3.05) is 13.6 Å². The molecule has 0 saturated heterocycles. The summed E-state index contributed by atoms with van der Waals surface area (Å²) in [4.78, 5) is 13.3. The highest BCUT2D eigenvalue weighted by Gasteiger charge is 2.21. The van der Waals surface area contributed by atoms with Crippen LogP contribution in [-0.4, -0.2) is 29.0 Å². The molecule has 3 nitrogen and oxygen atoms in total. The Balaban J connectivity index is 2.48. The van der Waals surface area contributed by atoms with Crippen molar-refractivity contribution in [3.63, 3.8) is 0 Å². The minimum Gasteiger partial charge on any atom is -0.341 e. The Labute approximate surface area is 84.5 Å². The zero-order valence-corrected chi connectivity index (χ0v) is 8.91. The van der Waals surface area contributed by atoms with Gasteiger partial charge in [-0.05, 0) is 28.7 Å². The molecule has 1 aromatic heterocycles. The lowest BCUT2D eigenvalue weighted by atomic mass is 10.3. The van der Waals surface area contributed by atoms with Crippen molar-refractivity contribution in [1.29, 1.82) is 0 Å². The van der Waals surface area contributed by atoms with Gasteiger partial charge in [-0.2, -0.15) is 0 Å². The van der Waals surface area contributed by atoms with Crippen molar-refractivity contribution in [1.82, 2.24) is 9.47 Å². The topological polar surface area (TPSA) is 25.2 Å². The number of aromatic nitrogens is 1. The summed E-state index contributed by atoms with van der Waals surface area (Å²) in [6, 6.07) is 1.93. The zero-order chi connectivity index (χ0) is 8.72. The molecule has 12 heavy (non-hydrogen) atoms. The second kappa shape index (κ2) is 2.76. The van der Waals surface area contributed by atoms with Gasteiger partial charge in [0, 0.05) is 29.9 Å². The molecular formula is C8H9IN2O. The molecule has 0 N–H and O–H groups in total. The molecule has 1 aliphatic heterocycles. The fourth-order valence-electron chi connectivity index (χ4n) is 1.39. The number of likely N-dealkylation sites (N-methyl/N-ethyl adjacent to an activating group) is 1. The molecule has 64 valence electrons. The average molecular weight is 276 g/mol. The summed E-state index contributed by atoms with van der Waals surface area (Å²) in [5.41, 5.74) is 0.813. The van der Waals surface area contributed by atoms with Crippen LogP contribution in [0.25, 0.3) is 0 Å². The van der Waals surface area contributed by atoms with Crippen LogP contribution >= 0.6 is 22.6 Å². The number of amides is 1. The van der Waals surface area contributed by atoms with E-state index in [9.17, 15) is 4.79 Å². The maximum atomic E-state index is 11.5. The maximum Gasteiger partial charge on any atom is 0.270 e. The van der Waals surface area contributed by atoms with Crippen molar-refractivity contribution in [3.8, 4) is 0 Å². The van der Waals surface area contributed by atoms with Crippen LogP contribution in [-0.2, 0) is 6.54 Å². The van der Waals surface area contributed by atoms with Crippen LogP contribution < -0.4 is 0 Å². The predicted molar refractivity (Wildman–Crippen MR) is 54.1 cm³/mol. The van der Waals surface area contributed by atoms with Gasteiger partial charge >= 0.3 is 0 Å². The Morgan fingerprint density at radius 1 is 1.50 bits per heavy atom. The number of hydrogen-bond donors (Lipinski definition) is 0. The van der Waals surface area contributed by atoms with Gasteiger partial charge in [0.25, 0.3) is 5.91 Å². The zero-order valence-electron chi connectivity index (χ0n) is 6.75. The Bertz CT molecular complexity index is 332. The molecule has 0 spiro atoms. The van der Waals surface area contributed by atoms with E-state index in [0.29, 0.717) is 0 Å². The molecule has 0 fully saturated rings. The molecule has 1 aromatic rings. The van der Waals surface area contributed by atoms with E-state index in [0.717, 1.165) is 22.4 Å². The van der Waals surface area contributed by atoms with Gasteiger partial charge in [-0.3, -0.25) is 4.79 Å². The summed E-state index contributed by atoms with van der Waals surface area (Å²) < 4.78 is 3.15. The quantitative estimate of drug-likeness (QED) is 0.653. The molecule has 2 rings (SSSR count). The van der Waals surface area contributed by atoms with Crippen molar-refractivity contribution >= 4 is 28.5 Å². The summed E-state index contributed by atoms with van der Waals surface area (Å²) in [7, 11) is 1.84. The van der Waals surface area contributed by atoms with Gasteiger partial charge in [-0.25, -0.2) is 0 Å². The fourth-order valence-corrected chi connectivity index (χ4v) is 2.02. The first-order valence-electron chi connectivity index (χ1n) is 3.79. The molecule has 0 radical (unpaired) electrons. The minimum atomic E-state index is 0.129. The lowest BCUT2D eigenvalue weighted by molar-refractivity contribution is 0.0749. The van der Waals surface area contributed by atoms with Crippen LogP contribution in [0.4, 0.5) is 0 Å². The molecule has 0 saturated carbocycles. The highest BCUT2D eigenvalue weighted by atomic mass is 127. The van der Waals surface area contributed by atoms with Crippen LogP contribution in [0.15, 0.2) is 12.3 Å². The number of fused-ring (bicyclic) bond motifs is 1. The molecule has 0 unspecified atom stereocenters. The first-order chi connectivity index (χ1) is 5.68. The normalized spacial score (nSPS) is 16.5. The second-order valence-corrected chi connectivity index (χ2v) is 4.21. The average Bonchev–Trinajstić information content (AvgIpc) is 2.39. The van der Waals surface area contributed by atoms with E-state index in [2.05, 4.69) is 22.6 Å². The molecule has 0 aliphatic carbocycles. The fraction of sp³-hybridized carbons (Fsp3) is 0.375. The van der Waals surface area contributed by atoms with Crippen LogP contribution in [0.1, 0.15) is 10.5 Å². The van der Waals surface area contributed by atoms with Gasteiger partial charge in [0.1, 0.15) is 5.69 Å². The highest BCUT2D eigenvalue weighted by Crippen LogP contribution is 2.16. The third kappa shape index (κ3) is 1.14. The Morgan fingerprint density at radius 2 is 2.25 bits per heavy atom. The number of rotatable bonds is 0. The Morgan fingerprint density at radius 3 is 3.00 bits per heavy atom. The third-order valence-electron chi connectivity index (χ3n) is 2.11. The van der Waals surface area contributed by atoms with Gasteiger partial charge in [0.2, 0.25) is 0 Å². The van der Waals surface area contributed by atoms with Crippen LogP contribution in [0.5, 0.6) is 0 Å².